The minimum absolute atomic E-state index is 0.0238. The molecule has 31 heavy (non-hydrogen) atoms. The van der Waals surface area contributed by atoms with E-state index >= 15 is 0 Å². The SMILES string of the molecule is CCCc1cc(C(=O)N2C[C@@H]3CN(CC(=O)NCC)C[C@@H]3[C@H]2c2ccccc2C)no1. The largest absolute Gasteiger partial charge is 0.361 e. The number of nitrogens with one attached hydrogen (secondary N) is 1. The van der Waals surface area contributed by atoms with E-state index in [2.05, 4.69) is 41.4 Å². The van der Waals surface area contributed by atoms with Crippen molar-refractivity contribution in [3.63, 3.8) is 0 Å². The predicted molar refractivity (Wildman–Crippen MR) is 118 cm³/mol. The number of nitrogens with zero attached hydrogens (tertiary/aromatic N) is 3. The summed E-state index contributed by atoms with van der Waals surface area (Å²) < 4.78 is 5.38. The highest BCUT2D eigenvalue weighted by Crippen LogP contribution is 2.46. The Labute approximate surface area is 183 Å². The minimum atomic E-state index is -0.0657. The number of rotatable bonds is 7. The Morgan fingerprint density at radius 2 is 2.00 bits per heavy atom. The highest BCUT2D eigenvalue weighted by atomic mass is 16.5. The van der Waals surface area contributed by atoms with Crippen LogP contribution in [0.4, 0.5) is 0 Å². The second kappa shape index (κ2) is 9.22. The molecule has 1 aromatic heterocycles. The van der Waals surface area contributed by atoms with E-state index in [1.807, 2.05) is 24.0 Å². The topological polar surface area (TPSA) is 78.7 Å². The van der Waals surface area contributed by atoms with E-state index in [-0.39, 0.29) is 17.9 Å². The van der Waals surface area contributed by atoms with Crippen molar-refractivity contribution in [1.82, 2.24) is 20.3 Å². The average molecular weight is 425 g/mol. The fraction of sp³-hybridized carbons (Fsp3) is 0.542. The number of hydrogen-bond donors (Lipinski definition) is 1. The maximum Gasteiger partial charge on any atom is 0.276 e. The molecule has 3 atom stereocenters. The molecule has 0 spiro atoms. The van der Waals surface area contributed by atoms with Gasteiger partial charge in [-0.25, -0.2) is 0 Å². The molecule has 2 aliphatic rings. The number of likely N-dealkylation sites (N-methyl/N-ethyl adjacent to an activating group) is 1. The molecule has 2 amide bonds. The maximum atomic E-state index is 13.5. The normalized spacial score (nSPS) is 23.2. The van der Waals surface area contributed by atoms with Gasteiger partial charge in [-0.05, 0) is 37.3 Å². The summed E-state index contributed by atoms with van der Waals surface area (Å²) in [6, 6.07) is 10.1. The van der Waals surface area contributed by atoms with Gasteiger partial charge < -0.3 is 14.7 Å². The Balaban J connectivity index is 1.59. The summed E-state index contributed by atoms with van der Waals surface area (Å²) >= 11 is 0. The van der Waals surface area contributed by atoms with Crippen LogP contribution in [0.1, 0.15) is 53.7 Å². The first kappa shape index (κ1) is 21.6. The first-order valence-electron chi connectivity index (χ1n) is 11.3. The van der Waals surface area contributed by atoms with E-state index < -0.39 is 0 Å². The zero-order valence-corrected chi connectivity index (χ0v) is 18.6. The van der Waals surface area contributed by atoms with Gasteiger partial charge in [0, 0.05) is 44.6 Å². The molecule has 4 rings (SSSR count). The summed E-state index contributed by atoms with van der Waals surface area (Å²) in [6.07, 6.45) is 1.73. The molecule has 7 heteroatoms. The van der Waals surface area contributed by atoms with Gasteiger partial charge in [-0.3, -0.25) is 14.5 Å². The van der Waals surface area contributed by atoms with Crippen molar-refractivity contribution in [1.29, 1.82) is 0 Å². The molecule has 0 unspecified atom stereocenters. The number of fused-ring (bicyclic) bond motifs is 1. The number of aryl methyl sites for hydroxylation is 2. The minimum Gasteiger partial charge on any atom is -0.361 e. The molecule has 1 aromatic carbocycles. The molecule has 3 heterocycles. The summed E-state index contributed by atoms with van der Waals surface area (Å²) in [7, 11) is 0. The third-order valence-corrected chi connectivity index (χ3v) is 6.52. The standard InChI is InChI=1S/C24H32N4O3/c1-4-8-18-11-21(26-31-18)24(30)28-13-17-12-27(15-22(29)25-5-2)14-20(17)23(28)19-10-7-6-9-16(19)3/h6-7,9-11,17,20,23H,4-5,8,12-15H2,1-3H3,(H,25,29)/t17-,20-,23+/m0/s1. The summed E-state index contributed by atoms with van der Waals surface area (Å²) in [5, 5.41) is 6.96. The van der Waals surface area contributed by atoms with E-state index in [9.17, 15) is 9.59 Å². The molecule has 2 fully saturated rings. The van der Waals surface area contributed by atoms with Gasteiger partial charge in [0.25, 0.3) is 5.91 Å². The van der Waals surface area contributed by atoms with Crippen LogP contribution in [-0.4, -0.2) is 59.5 Å². The van der Waals surface area contributed by atoms with Crippen LogP contribution in [0.3, 0.4) is 0 Å². The van der Waals surface area contributed by atoms with Crippen molar-refractivity contribution < 1.29 is 14.1 Å². The van der Waals surface area contributed by atoms with Gasteiger partial charge in [-0.2, -0.15) is 0 Å². The third kappa shape index (κ3) is 4.37. The second-order valence-corrected chi connectivity index (χ2v) is 8.76. The molecular formula is C24H32N4O3. The number of carbonyl (C=O) groups is 2. The van der Waals surface area contributed by atoms with Gasteiger partial charge in [0.1, 0.15) is 5.76 Å². The Morgan fingerprint density at radius 3 is 2.74 bits per heavy atom. The molecule has 0 radical (unpaired) electrons. The van der Waals surface area contributed by atoms with E-state index in [4.69, 9.17) is 4.52 Å². The van der Waals surface area contributed by atoms with Crippen LogP contribution in [0.25, 0.3) is 0 Å². The van der Waals surface area contributed by atoms with Crippen molar-refractivity contribution in [2.75, 3.05) is 32.7 Å². The molecule has 0 bridgehead atoms. The molecule has 0 saturated carbocycles. The number of hydrogen-bond acceptors (Lipinski definition) is 5. The smallest absolute Gasteiger partial charge is 0.276 e. The molecule has 2 aliphatic heterocycles. The van der Waals surface area contributed by atoms with Crippen LogP contribution < -0.4 is 5.32 Å². The third-order valence-electron chi connectivity index (χ3n) is 6.52. The summed E-state index contributed by atoms with van der Waals surface area (Å²) in [5.74, 6) is 1.38. The molecule has 166 valence electrons. The highest BCUT2D eigenvalue weighted by molar-refractivity contribution is 5.93. The molecule has 7 nitrogen and oxygen atoms in total. The molecule has 2 aromatic rings. The lowest BCUT2D eigenvalue weighted by molar-refractivity contribution is -0.122. The fourth-order valence-electron chi connectivity index (χ4n) is 5.17. The number of benzene rings is 1. The van der Waals surface area contributed by atoms with Crippen LogP contribution in [0, 0.1) is 18.8 Å². The molecule has 2 saturated heterocycles. The van der Waals surface area contributed by atoms with Crippen LogP contribution in [-0.2, 0) is 11.2 Å². The summed E-state index contributed by atoms with van der Waals surface area (Å²) in [4.78, 5) is 29.8. The molecular weight excluding hydrogens is 392 g/mol. The van der Waals surface area contributed by atoms with Gasteiger partial charge in [0.2, 0.25) is 5.91 Å². The zero-order chi connectivity index (χ0) is 22.0. The number of carbonyl (C=O) groups excluding carboxylic acids is 2. The summed E-state index contributed by atoms with van der Waals surface area (Å²) in [5.41, 5.74) is 2.75. The van der Waals surface area contributed by atoms with Crippen LogP contribution in [0.5, 0.6) is 0 Å². The second-order valence-electron chi connectivity index (χ2n) is 8.76. The number of aromatic nitrogens is 1. The Morgan fingerprint density at radius 1 is 1.19 bits per heavy atom. The lowest BCUT2D eigenvalue weighted by Gasteiger charge is -2.30. The number of likely N-dealkylation sites (tertiary alicyclic amines) is 2. The lowest BCUT2D eigenvalue weighted by atomic mass is 9.87. The monoisotopic (exact) mass is 424 g/mol. The Kier molecular flexibility index (Phi) is 6.41. The van der Waals surface area contributed by atoms with E-state index in [0.717, 1.165) is 31.7 Å². The van der Waals surface area contributed by atoms with E-state index in [0.29, 0.717) is 37.2 Å². The maximum absolute atomic E-state index is 13.5. The van der Waals surface area contributed by atoms with Crippen molar-refractivity contribution in [3.05, 3.63) is 52.9 Å². The first-order valence-corrected chi connectivity index (χ1v) is 11.3. The first-order chi connectivity index (χ1) is 15.0. The van der Waals surface area contributed by atoms with Gasteiger partial charge in [0.15, 0.2) is 5.69 Å². The fourth-order valence-corrected chi connectivity index (χ4v) is 5.17. The van der Waals surface area contributed by atoms with Gasteiger partial charge in [-0.15, -0.1) is 0 Å². The van der Waals surface area contributed by atoms with Gasteiger partial charge in [0.05, 0.1) is 12.6 Å². The number of amides is 2. The Hall–Kier alpha value is -2.67. The lowest BCUT2D eigenvalue weighted by Crippen LogP contribution is -2.39. The van der Waals surface area contributed by atoms with Crippen molar-refractivity contribution >= 4 is 11.8 Å². The quantitative estimate of drug-likeness (QED) is 0.739. The van der Waals surface area contributed by atoms with Gasteiger partial charge in [-0.1, -0.05) is 36.3 Å². The van der Waals surface area contributed by atoms with E-state index in [1.54, 1.807) is 6.07 Å². The summed E-state index contributed by atoms with van der Waals surface area (Å²) in [6.45, 7) is 9.48. The predicted octanol–water partition coefficient (Wildman–Crippen LogP) is 2.82. The van der Waals surface area contributed by atoms with Crippen molar-refractivity contribution in [2.24, 2.45) is 11.8 Å². The molecule has 1 N–H and O–H groups in total. The molecule has 0 aliphatic carbocycles. The van der Waals surface area contributed by atoms with Crippen molar-refractivity contribution in [3.8, 4) is 0 Å². The van der Waals surface area contributed by atoms with Crippen LogP contribution >= 0.6 is 0 Å². The van der Waals surface area contributed by atoms with Gasteiger partial charge >= 0.3 is 0 Å². The average Bonchev–Trinajstić information content (AvgIpc) is 3.43. The van der Waals surface area contributed by atoms with Crippen LogP contribution in [0.2, 0.25) is 0 Å². The van der Waals surface area contributed by atoms with Crippen LogP contribution in [0.15, 0.2) is 34.9 Å². The van der Waals surface area contributed by atoms with Crippen molar-refractivity contribution in [2.45, 2.75) is 39.7 Å². The van der Waals surface area contributed by atoms with E-state index in [1.165, 1.54) is 11.1 Å². The zero-order valence-electron chi connectivity index (χ0n) is 18.6. The highest BCUT2D eigenvalue weighted by Gasteiger charge is 2.50. The Bertz CT molecular complexity index is 940.